The molecule has 0 saturated carbocycles. The third-order valence-corrected chi connectivity index (χ3v) is 5.14. The summed E-state index contributed by atoms with van der Waals surface area (Å²) in [4.78, 5) is 11.9. The Morgan fingerprint density at radius 3 is 2.53 bits per heavy atom. The number of carbonyl (C=O) groups excluding carboxylic acids is 1. The average Bonchev–Trinajstić information content (AvgIpc) is 2.58. The lowest BCUT2D eigenvalue weighted by atomic mass is 9.95. The number of amides is 1. The van der Waals surface area contributed by atoms with E-state index in [0.29, 0.717) is 6.54 Å². The summed E-state index contributed by atoms with van der Waals surface area (Å²) in [6.45, 7) is 4.75. The summed E-state index contributed by atoms with van der Waals surface area (Å²) in [7, 11) is -3.38. The minimum Gasteiger partial charge on any atom is -0.315 e. The summed E-state index contributed by atoms with van der Waals surface area (Å²) < 4.78 is 24.8. The van der Waals surface area contributed by atoms with Gasteiger partial charge in [0.25, 0.3) is 0 Å². The molecule has 0 bridgehead atoms. The minimum atomic E-state index is -3.38. The Hall–Kier alpha value is -0.620. The second-order valence-corrected chi connectivity index (χ2v) is 6.73. The van der Waals surface area contributed by atoms with Gasteiger partial charge in [0.15, 0.2) is 0 Å². The van der Waals surface area contributed by atoms with E-state index >= 15 is 0 Å². The highest BCUT2D eigenvalue weighted by atomic mass is 32.2. The van der Waals surface area contributed by atoms with Gasteiger partial charge in [0.2, 0.25) is 15.9 Å². The Kier molecular flexibility index (Phi) is 2.31. The number of hydrogen-bond acceptors (Lipinski definition) is 4. The Morgan fingerprint density at radius 1 is 1.47 bits per heavy atom. The lowest BCUT2D eigenvalue weighted by Gasteiger charge is -2.23. The van der Waals surface area contributed by atoms with Crippen molar-refractivity contribution < 1.29 is 13.2 Å². The third kappa shape index (κ3) is 1.65. The summed E-state index contributed by atoms with van der Waals surface area (Å²) in [5.41, 5.74) is -0.762. The quantitative estimate of drug-likeness (QED) is 0.665. The van der Waals surface area contributed by atoms with Gasteiger partial charge in [-0.1, -0.05) is 0 Å². The van der Waals surface area contributed by atoms with Crippen LogP contribution in [0.25, 0.3) is 0 Å². The molecule has 0 aromatic rings. The first kappa shape index (κ1) is 10.9. The van der Waals surface area contributed by atoms with Gasteiger partial charge in [-0.15, -0.1) is 0 Å². The summed E-state index contributed by atoms with van der Waals surface area (Å²) in [6, 6.07) is -0.177. The van der Waals surface area contributed by atoms with Crippen LogP contribution in [0.2, 0.25) is 0 Å². The standard InChI is InChI=1S/C9H16N2O3S/c1-9(2)6-15(13,14)11(8(9)12)7-3-4-10-5-7/h7,10H,3-6H2,1-2H3. The molecule has 2 fully saturated rings. The molecule has 0 spiro atoms. The predicted molar refractivity (Wildman–Crippen MR) is 55.7 cm³/mol. The maximum Gasteiger partial charge on any atom is 0.243 e. The van der Waals surface area contributed by atoms with Gasteiger partial charge >= 0.3 is 0 Å². The summed E-state index contributed by atoms with van der Waals surface area (Å²) in [5, 5.41) is 3.08. The molecule has 2 rings (SSSR count). The number of nitrogens with one attached hydrogen (secondary N) is 1. The van der Waals surface area contributed by atoms with E-state index in [9.17, 15) is 13.2 Å². The van der Waals surface area contributed by atoms with Gasteiger partial charge < -0.3 is 5.32 Å². The van der Waals surface area contributed by atoms with Crippen LogP contribution in [0.15, 0.2) is 0 Å². The fourth-order valence-electron chi connectivity index (χ4n) is 2.24. The van der Waals surface area contributed by atoms with Crippen molar-refractivity contribution in [3.8, 4) is 0 Å². The molecule has 0 aromatic heterocycles. The second kappa shape index (κ2) is 3.18. The van der Waals surface area contributed by atoms with Crippen LogP contribution < -0.4 is 5.32 Å². The van der Waals surface area contributed by atoms with Crippen molar-refractivity contribution >= 4 is 15.9 Å². The van der Waals surface area contributed by atoms with Crippen LogP contribution in [-0.2, 0) is 14.8 Å². The first-order valence-corrected chi connectivity index (χ1v) is 6.73. The van der Waals surface area contributed by atoms with Crippen LogP contribution in [0.1, 0.15) is 20.3 Å². The van der Waals surface area contributed by atoms with Gasteiger partial charge in [0, 0.05) is 6.54 Å². The van der Waals surface area contributed by atoms with E-state index in [1.165, 1.54) is 0 Å². The molecule has 86 valence electrons. The summed E-state index contributed by atoms with van der Waals surface area (Å²) in [5.74, 6) is -0.314. The molecular weight excluding hydrogens is 216 g/mol. The van der Waals surface area contributed by atoms with Crippen LogP contribution in [0.5, 0.6) is 0 Å². The second-order valence-electron chi connectivity index (χ2n) is 4.89. The van der Waals surface area contributed by atoms with Crippen molar-refractivity contribution in [1.29, 1.82) is 0 Å². The fraction of sp³-hybridized carbons (Fsp3) is 0.889. The first-order valence-electron chi connectivity index (χ1n) is 5.12. The number of nitrogens with zero attached hydrogens (tertiary/aromatic N) is 1. The van der Waals surface area contributed by atoms with Crippen LogP contribution in [0.4, 0.5) is 0 Å². The maximum atomic E-state index is 11.9. The average molecular weight is 232 g/mol. The Balaban J connectivity index is 2.34. The topological polar surface area (TPSA) is 66.5 Å². The van der Waals surface area contributed by atoms with Crippen LogP contribution in [-0.4, -0.2) is 43.5 Å². The van der Waals surface area contributed by atoms with Crippen molar-refractivity contribution in [3.63, 3.8) is 0 Å². The highest BCUT2D eigenvalue weighted by molar-refractivity contribution is 7.90. The van der Waals surface area contributed by atoms with E-state index in [1.54, 1.807) is 13.8 Å². The molecular formula is C9H16N2O3S. The normalized spacial score (nSPS) is 33.6. The number of rotatable bonds is 1. The number of hydrogen-bond donors (Lipinski definition) is 1. The molecule has 1 atom stereocenters. The van der Waals surface area contributed by atoms with E-state index < -0.39 is 15.4 Å². The van der Waals surface area contributed by atoms with Gasteiger partial charge in [-0.25, -0.2) is 12.7 Å². The molecule has 1 unspecified atom stereocenters. The maximum absolute atomic E-state index is 11.9. The van der Waals surface area contributed by atoms with Crippen LogP contribution in [0.3, 0.4) is 0 Å². The molecule has 1 amide bonds. The van der Waals surface area contributed by atoms with Crippen molar-refractivity contribution in [3.05, 3.63) is 0 Å². The van der Waals surface area contributed by atoms with E-state index in [1.807, 2.05) is 0 Å². The lowest BCUT2D eigenvalue weighted by Crippen LogP contribution is -2.42. The van der Waals surface area contributed by atoms with Gasteiger partial charge in [0.1, 0.15) is 0 Å². The zero-order chi connectivity index (χ0) is 11.3. The SMILES string of the molecule is CC1(C)CS(=O)(=O)N(C2CCNC2)C1=O. The summed E-state index contributed by atoms with van der Waals surface area (Å²) >= 11 is 0. The molecule has 0 radical (unpaired) electrons. The molecule has 5 nitrogen and oxygen atoms in total. The highest BCUT2D eigenvalue weighted by Crippen LogP contribution is 2.34. The Labute approximate surface area is 89.9 Å². The molecule has 2 heterocycles. The van der Waals surface area contributed by atoms with Gasteiger partial charge in [-0.3, -0.25) is 4.79 Å². The van der Waals surface area contributed by atoms with Crippen LogP contribution in [0, 0.1) is 5.41 Å². The Morgan fingerprint density at radius 2 is 2.13 bits per heavy atom. The van der Waals surface area contributed by atoms with Crippen molar-refractivity contribution in [2.24, 2.45) is 5.41 Å². The van der Waals surface area contributed by atoms with E-state index in [2.05, 4.69) is 5.32 Å². The van der Waals surface area contributed by atoms with Crippen LogP contribution >= 0.6 is 0 Å². The fourth-order valence-corrected chi connectivity index (χ4v) is 4.55. The molecule has 1 N–H and O–H groups in total. The molecule has 2 aliphatic rings. The minimum absolute atomic E-state index is 0.0602. The largest absolute Gasteiger partial charge is 0.315 e. The molecule has 2 aliphatic heterocycles. The van der Waals surface area contributed by atoms with Gasteiger partial charge in [0.05, 0.1) is 17.2 Å². The molecule has 2 saturated heterocycles. The van der Waals surface area contributed by atoms with Crippen molar-refractivity contribution in [2.75, 3.05) is 18.8 Å². The zero-order valence-corrected chi connectivity index (χ0v) is 9.80. The van der Waals surface area contributed by atoms with Crippen molar-refractivity contribution in [1.82, 2.24) is 9.62 Å². The van der Waals surface area contributed by atoms with E-state index in [4.69, 9.17) is 0 Å². The van der Waals surface area contributed by atoms with E-state index in [-0.39, 0.29) is 17.7 Å². The predicted octanol–water partition coefficient (Wildman–Crippen LogP) is -0.453. The van der Waals surface area contributed by atoms with Gasteiger partial charge in [-0.05, 0) is 26.8 Å². The third-order valence-electron chi connectivity index (χ3n) is 2.99. The lowest BCUT2D eigenvalue weighted by molar-refractivity contribution is -0.133. The van der Waals surface area contributed by atoms with Crippen molar-refractivity contribution in [2.45, 2.75) is 26.3 Å². The zero-order valence-electron chi connectivity index (χ0n) is 8.99. The first-order chi connectivity index (χ1) is 6.84. The molecule has 6 heteroatoms. The highest BCUT2D eigenvalue weighted by Gasteiger charge is 2.51. The molecule has 15 heavy (non-hydrogen) atoms. The Bertz CT molecular complexity index is 382. The summed E-state index contributed by atoms with van der Waals surface area (Å²) in [6.07, 6.45) is 0.723. The number of carbonyl (C=O) groups is 1. The monoisotopic (exact) mass is 232 g/mol. The number of sulfonamides is 1. The van der Waals surface area contributed by atoms with E-state index in [0.717, 1.165) is 17.3 Å². The van der Waals surface area contributed by atoms with Gasteiger partial charge in [-0.2, -0.15) is 0 Å². The molecule has 0 aliphatic carbocycles. The molecule has 0 aromatic carbocycles. The smallest absolute Gasteiger partial charge is 0.243 e.